The van der Waals surface area contributed by atoms with Crippen LogP contribution in [0, 0.1) is 11.3 Å². The fourth-order valence-electron chi connectivity index (χ4n) is 1.59. The molecular formula is C13H28S. The van der Waals surface area contributed by atoms with Crippen LogP contribution in [0.25, 0.3) is 0 Å². The molecule has 0 rings (SSSR count). The van der Waals surface area contributed by atoms with Gasteiger partial charge in [0.1, 0.15) is 0 Å². The minimum absolute atomic E-state index is 0.319. The molecule has 0 amide bonds. The summed E-state index contributed by atoms with van der Waals surface area (Å²) in [7, 11) is 0. The highest BCUT2D eigenvalue weighted by Crippen LogP contribution is 2.50. The Morgan fingerprint density at radius 1 is 0.786 bits per heavy atom. The van der Waals surface area contributed by atoms with Gasteiger partial charge in [0.15, 0.2) is 0 Å². The van der Waals surface area contributed by atoms with Gasteiger partial charge >= 0.3 is 0 Å². The summed E-state index contributed by atoms with van der Waals surface area (Å²) in [6.07, 6.45) is 0. The summed E-state index contributed by atoms with van der Waals surface area (Å²) in [6, 6.07) is 0. The van der Waals surface area contributed by atoms with Gasteiger partial charge in [0.25, 0.3) is 0 Å². The average molecular weight is 216 g/mol. The molecule has 0 aliphatic carbocycles. The van der Waals surface area contributed by atoms with E-state index in [0.717, 1.165) is 0 Å². The number of hydrogen-bond acceptors (Lipinski definition) is 1. The number of thioether (sulfide) groups is 1. The predicted octanol–water partition coefficient (Wildman–Crippen LogP) is 4.98. The monoisotopic (exact) mass is 216 g/mol. The van der Waals surface area contributed by atoms with E-state index in [1.807, 2.05) is 0 Å². The van der Waals surface area contributed by atoms with Gasteiger partial charge in [-0.25, -0.2) is 0 Å². The van der Waals surface area contributed by atoms with Gasteiger partial charge in [-0.2, -0.15) is 0 Å². The molecule has 0 bridgehead atoms. The fourth-order valence-corrected chi connectivity index (χ4v) is 3.62. The fraction of sp³-hybridized carbons (Fsp3) is 1.00. The van der Waals surface area contributed by atoms with E-state index in [0.29, 0.717) is 20.8 Å². The summed E-state index contributed by atoms with van der Waals surface area (Å²) < 4.78 is 0.662. The van der Waals surface area contributed by atoms with Crippen LogP contribution in [-0.2, 0) is 0 Å². The van der Waals surface area contributed by atoms with E-state index in [4.69, 9.17) is 0 Å². The van der Waals surface area contributed by atoms with Gasteiger partial charge in [-0.3, -0.25) is 0 Å². The van der Waals surface area contributed by atoms with E-state index in [-0.39, 0.29) is 0 Å². The molecule has 0 aromatic rings. The average Bonchev–Trinajstić information content (AvgIpc) is 1.80. The van der Waals surface area contributed by atoms with Gasteiger partial charge in [-0.05, 0) is 11.3 Å². The first-order chi connectivity index (χ1) is 5.90. The van der Waals surface area contributed by atoms with Gasteiger partial charge in [0.2, 0.25) is 0 Å². The first-order valence-electron chi connectivity index (χ1n) is 5.60. The van der Waals surface area contributed by atoms with Crippen molar-refractivity contribution in [1.29, 1.82) is 0 Å². The van der Waals surface area contributed by atoms with E-state index in [2.05, 4.69) is 74.1 Å². The molecule has 0 atom stereocenters. The van der Waals surface area contributed by atoms with Crippen molar-refractivity contribution >= 4 is 11.8 Å². The molecule has 14 heavy (non-hydrogen) atoms. The Kier molecular flexibility index (Phi) is 4.18. The number of hydrogen-bond donors (Lipinski definition) is 0. The van der Waals surface area contributed by atoms with Crippen LogP contribution in [0.3, 0.4) is 0 Å². The molecule has 0 unspecified atom stereocenters. The van der Waals surface area contributed by atoms with Gasteiger partial charge in [-0.15, -0.1) is 11.8 Å². The van der Waals surface area contributed by atoms with Crippen molar-refractivity contribution in [2.24, 2.45) is 11.3 Å². The Bertz CT molecular complexity index is 182. The SMILES string of the molecule is CC(C)C(C)(C)C(C)(C)SC(C)(C)C. The molecule has 0 saturated heterocycles. The number of rotatable bonds is 3. The minimum atomic E-state index is 0.319. The Labute approximate surface area is 95.2 Å². The van der Waals surface area contributed by atoms with Crippen molar-refractivity contribution < 1.29 is 0 Å². The summed E-state index contributed by atoms with van der Waals surface area (Å²) >= 11 is 2.09. The Morgan fingerprint density at radius 2 is 1.14 bits per heavy atom. The van der Waals surface area contributed by atoms with E-state index in [9.17, 15) is 0 Å². The normalized spacial score (nSPS) is 15.0. The smallest absolute Gasteiger partial charge is 0.0162 e. The van der Waals surface area contributed by atoms with Crippen LogP contribution in [0.4, 0.5) is 0 Å². The van der Waals surface area contributed by atoms with Crippen molar-refractivity contribution in [3.63, 3.8) is 0 Å². The molecule has 0 saturated carbocycles. The topological polar surface area (TPSA) is 0 Å². The van der Waals surface area contributed by atoms with Crippen molar-refractivity contribution in [2.75, 3.05) is 0 Å². The second kappa shape index (κ2) is 4.08. The lowest BCUT2D eigenvalue weighted by atomic mass is 9.72. The van der Waals surface area contributed by atoms with Crippen LogP contribution in [-0.4, -0.2) is 9.49 Å². The van der Waals surface area contributed by atoms with Crippen molar-refractivity contribution in [2.45, 2.75) is 71.8 Å². The Morgan fingerprint density at radius 3 is 1.36 bits per heavy atom. The third-order valence-corrected chi connectivity index (χ3v) is 5.21. The molecule has 0 aliphatic heterocycles. The lowest BCUT2D eigenvalue weighted by Gasteiger charge is -2.47. The molecule has 0 fully saturated rings. The second-order valence-corrected chi connectivity index (χ2v) is 9.05. The summed E-state index contributed by atoms with van der Waals surface area (Å²) in [5, 5.41) is 0. The molecule has 0 spiro atoms. The van der Waals surface area contributed by atoms with Crippen LogP contribution in [0.5, 0.6) is 0 Å². The molecule has 0 aromatic heterocycles. The minimum Gasteiger partial charge on any atom is -0.149 e. The zero-order chi connectivity index (χ0) is 11.8. The van der Waals surface area contributed by atoms with Gasteiger partial charge in [-0.1, -0.05) is 62.3 Å². The predicted molar refractivity (Wildman–Crippen MR) is 70.0 cm³/mol. The first kappa shape index (κ1) is 14.3. The van der Waals surface area contributed by atoms with Crippen LogP contribution >= 0.6 is 11.8 Å². The lowest BCUT2D eigenvalue weighted by molar-refractivity contribution is 0.190. The molecule has 0 nitrogen and oxygen atoms in total. The lowest BCUT2D eigenvalue weighted by Crippen LogP contribution is -2.42. The third kappa shape index (κ3) is 3.49. The molecule has 0 aliphatic rings. The Balaban J connectivity index is 4.78. The maximum Gasteiger partial charge on any atom is 0.0162 e. The van der Waals surface area contributed by atoms with Crippen LogP contribution in [0.15, 0.2) is 0 Å². The van der Waals surface area contributed by atoms with Crippen LogP contribution < -0.4 is 0 Å². The van der Waals surface area contributed by atoms with Crippen molar-refractivity contribution in [3.05, 3.63) is 0 Å². The van der Waals surface area contributed by atoms with Crippen LogP contribution in [0.2, 0.25) is 0 Å². The van der Waals surface area contributed by atoms with Crippen LogP contribution in [0.1, 0.15) is 62.3 Å². The Hall–Kier alpha value is 0.350. The highest BCUT2D eigenvalue weighted by molar-refractivity contribution is 8.01. The standard InChI is InChI=1S/C13H28S/c1-10(2)12(6,7)13(8,9)14-11(3,4)5/h10H,1-9H3. The first-order valence-corrected chi connectivity index (χ1v) is 6.42. The largest absolute Gasteiger partial charge is 0.149 e. The summed E-state index contributed by atoms with van der Waals surface area (Å²) in [5.74, 6) is 0.715. The highest BCUT2D eigenvalue weighted by atomic mass is 32.2. The second-order valence-electron chi connectivity index (χ2n) is 6.60. The summed E-state index contributed by atoms with van der Waals surface area (Å²) in [4.78, 5) is 0. The van der Waals surface area contributed by atoms with Gasteiger partial charge < -0.3 is 0 Å². The molecule has 86 valence electrons. The molecule has 1 heteroatoms. The summed E-state index contributed by atoms with van der Waals surface area (Å²) in [5.41, 5.74) is 0.366. The molecule has 0 N–H and O–H groups in total. The highest BCUT2D eigenvalue weighted by Gasteiger charge is 2.42. The summed E-state index contributed by atoms with van der Waals surface area (Å²) in [6.45, 7) is 21.1. The van der Waals surface area contributed by atoms with E-state index >= 15 is 0 Å². The zero-order valence-electron chi connectivity index (χ0n) is 11.5. The van der Waals surface area contributed by atoms with Gasteiger partial charge in [0.05, 0.1) is 0 Å². The van der Waals surface area contributed by atoms with Crippen molar-refractivity contribution in [3.8, 4) is 0 Å². The quantitative estimate of drug-likeness (QED) is 0.641. The van der Waals surface area contributed by atoms with E-state index < -0.39 is 0 Å². The van der Waals surface area contributed by atoms with Crippen molar-refractivity contribution in [1.82, 2.24) is 0 Å². The maximum absolute atomic E-state index is 2.39. The van der Waals surface area contributed by atoms with Gasteiger partial charge in [0, 0.05) is 9.49 Å². The molecule has 0 radical (unpaired) electrons. The molecular weight excluding hydrogens is 188 g/mol. The zero-order valence-corrected chi connectivity index (χ0v) is 12.3. The molecule has 0 heterocycles. The van der Waals surface area contributed by atoms with E-state index in [1.165, 1.54) is 0 Å². The molecule has 0 aromatic carbocycles. The third-order valence-electron chi connectivity index (χ3n) is 3.56. The maximum atomic E-state index is 2.39. The van der Waals surface area contributed by atoms with E-state index in [1.54, 1.807) is 0 Å².